The number of rotatable bonds is 4. The van der Waals surface area contributed by atoms with Crippen molar-refractivity contribution in [3.8, 4) is 0 Å². The molecule has 1 aromatic carbocycles. The van der Waals surface area contributed by atoms with E-state index >= 15 is 0 Å². The van der Waals surface area contributed by atoms with Crippen molar-refractivity contribution in [2.24, 2.45) is 5.92 Å². The van der Waals surface area contributed by atoms with E-state index in [1.54, 1.807) is 6.07 Å². The standard InChI is InChI=1S/C15H20ClIN2O/c1-11-4-7-19(8-5-11)9-6-18-15(20)12-2-3-14(17)13(16)10-12/h2-3,10-11H,4-9H2,1H3,(H,18,20). The second-order valence-electron chi connectivity index (χ2n) is 5.41. The van der Waals surface area contributed by atoms with Gasteiger partial charge in [0.05, 0.1) is 5.02 Å². The van der Waals surface area contributed by atoms with Crippen molar-refractivity contribution >= 4 is 40.1 Å². The molecule has 0 saturated carbocycles. The van der Waals surface area contributed by atoms with Crippen molar-refractivity contribution in [1.29, 1.82) is 0 Å². The summed E-state index contributed by atoms with van der Waals surface area (Å²) in [7, 11) is 0. The molecule has 3 nitrogen and oxygen atoms in total. The van der Waals surface area contributed by atoms with E-state index in [-0.39, 0.29) is 5.91 Å². The lowest BCUT2D eigenvalue weighted by Crippen LogP contribution is -2.39. The van der Waals surface area contributed by atoms with Crippen LogP contribution in [0.4, 0.5) is 0 Å². The van der Waals surface area contributed by atoms with Gasteiger partial charge in [-0.3, -0.25) is 4.79 Å². The lowest BCUT2D eigenvalue weighted by Gasteiger charge is -2.30. The molecule has 1 amide bonds. The van der Waals surface area contributed by atoms with Crippen LogP contribution in [0.5, 0.6) is 0 Å². The highest BCUT2D eigenvalue weighted by atomic mass is 127. The molecule has 1 saturated heterocycles. The zero-order chi connectivity index (χ0) is 14.5. The van der Waals surface area contributed by atoms with E-state index in [1.807, 2.05) is 12.1 Å². The van der Waals surface area contributed by atoms with Crippen molar-refractivity contribution in [2.45, 2.75) is 19.8 Å². The Morgan fingerprint density at radius 2 is 2.15 bits per heavy atom. The highest BCUT2D eigenvalue weighted by Crippen LogP contribution is 2.19. The summed E-state index contributed by atoms with van der Waals surface area (Å²) < 4.78 is 0.961. The van der Waals surface area contributed by atoms with E-state index in [0.29, 0.717) is 17.1 Å². The van der Waals surface area contributed by atoms with E-state index in [0.717, 1.165) is 29.1 Å². The molecule has 110 valence electrons. The Labute approximate surface area is 139 Å². The summed E-state index contributed by atoms with van der Waals surface area (Å²) in [5.41, 5.74) is 0.627. The summed E-state index contributed by atoms with van der Waals surface area (Å²) in [5, 5.41) is 3.59. The van der Waals surface area contributed by atoms with Crippen LogP contribution in [0.3, 0.4) is 0 Å². The number of hydrogen-bond acceptors (Lipinski definition) is 2. The number of benzene rings is 1. The van der Waals surface area contributed by atoms with Crippen LogP contribution in [-0.4, -0.2) is 37.0 Å². The Hall–Kier alpha value is -0.330. The molecule has 1 aliphatic heterocycles. The largest absolute Gasteiger partial charge is 0.351 e. The van der Waals surface area contributed by atoms with Gasteiger partial charge in [-0.2, -0.15) is 0 Å². The molecule has 0 unspecified atom stereocenters. The van der Waals surface area contributed by atoms with Gasteiger partial charge in [0.25, 0.3) is 5.91 Å². The topological polar surface area (TPSA) is 32.3 Å². The minimum absolute atomic E-state index is 0.0475. The van der Waals surface area contributed by atoms with Gasteiger partial charge in [0.15, 0.2) is 0 Å². The monoisotopic (exact) mass is 406 g/mol. The van der Waals surface area contributed by atoms with E-state index in [2.05, 4.69) is 39.7 Å². The highest BCUT2D eigenvalue weighted by Gasteiger charge is 2.15. The van der Waals surface area contributed by atoms with Gasteiger partial charge in [-0.1, -0.05) is 18.5 Å². The fourth-order valence-corrected chi connectivity index (χ4v) is 2.87. The first kappa shape index (κ1) is 16.0. The number of carbonyl (C=O) groups is 1. The number of hydrogen-bond donors (Lipinski definition) is 1. The Morgan fingerprint density at radius 1 is 1.45 bits per heavy atom. The number of carbonyl (C=O) groups excluding carboxylic acids is 1. The first-order valence-electron chi connectivity index (χ1n) is 7.02. The molecule has 5 heteroatoms. The summed E-state index contributed by atoms with van der Waals surface area (Å²) >= 11 is 8.19. The molecule has 1 fully saturated rings. The molecule has 0 radical (unpaired) electrons. The minimum Gasteiger partial charge on any atom is -0.351 e. The van der Waals surface area contributed by atoms with Crippen LogP contribution in [0.25, 0.3) is 0 Å². The average molecular weight is 407 g/mol. The minimum atomic E-state index is -0.0475. The first-order chi connectivity index (χ1) is 9.56. The van der Waals surface area contributed by atoms with Crippen LogP contribution >= 0.6 is 34.2 Å². The summed E-state index contributed by atoms with van der Waals surface area (Å²) in [4.78, 5) is 14.4. The molecular weight excluding hydrogens is 387 g/mol. The summed E-state index contributed by atoms with van der Waals surface area (Å²) in [6.45, 7) is 6.21. The van der Waals surface area contributed by atoms with Gasteiger partial charge in [-0.05, 0) is 72.6 Å². The molecule has 1 aliphatic rings. The zero-order valence-electron chi connectivity index (χ0n) is 11.7. The number of halogens is 2. The first-order valence-corrected chi connectivity index (χ1v) is 8.47. The Kier molecular flexibility index (Phi) is 6.11. The van der Waals surface area contributed by atoms with E-state index in [1.165, 1.54) is 12.8 Å². The Morgan fingerprint density at radius 3 is 2.80 bits per heavy atom. The summed E-state index contributed by atoms with van der Waals surface area (Å²) in [6, 6.07) is 5.40. The Balaban J connectivity index is 1.76. The predicted octanol–water partition coefficient (Wildman–Crippen LogP) is 3.41. The van der Waals surface area contributed by atoms with Crippen LogP contribution < -0.4 is 5.32 Å². The number of nitrogens with zero attached hydrogens (tertiary/aromatic N) is 1. The van der Waals surface area contributed by atoms with Gasteiger partial charge >= 0.3 is 0 Å². The van der Waals surface area contributed by atoms with Gasteiger partial charge in [-0.15, -0.1) is 0 Å². The van der Waals surface area contributed by atoms with Crippen molar-refractivity contribution in [1.82, 2.24) is 10.2 Å². The molecule has 1 heterocycles. The van der Waals surface area contributed by atoms with Crippen molar-refractivity contribution in [3.05, 3.63) is 32.4 Å². The van der Waals surface area contributed by atoms with Crippen molar-refractivity contribution in [3.63, 3.8) is 0 Å². The van der Waals surface area contributed by atoms with E-state index in [9.17, 15) is 4.79 Å². The average Bonchev–Trinajstić information content (AvgIpc) is 2.44. The van der Waals surface area contributed by atoms with Gasteiger partial charge in [-0.25, -0.2) is 0 Å². The third-order valence-corrected chi connectivity index (χ3v) is 5.34. The summed E-state index contributed by atoms with van der Waals surface area (Å²) in [6.07, 6.45) is 2.53. The van der Waals surface area contributed by atoms with Gasteiger partial charge < -0.3 is 10.2 Å². The third kappa shape index (κ3) is 4.60. The van der Waals surface area contributed by atoms with Crippen LogP contribution in [0, 0.1) is 9.49 Å². The van der Waals surface area contributed by atoms with Crippen LogP contribution in [0.2, 0.25) is 5.02 Å². The smallest absolute Gasteiger partial charge is 0.251 e. The SMILES string of the molecule is CC1CCN(CCNC(=O)c2ccc(I)c(Cl)c2)CC1. The Bertz CT molecular complexity index is 473. The molecule has 0 aromatic heterocycles. The zero-order valence-corrected chi connectivity index (χ0v) is 14.6. The van der Waals surface area contributed by atoms with Gasteiger partial charge in [0, 0.05) is 22.2 Å². The third-order valence-electron chi connectivity index (χ3n) is 3.77. The van der Waals surface area contributed by atoms with E-state index < -0.39 is 0 Å². The van der Waals surface area contributed by atoms with E-state index in [4.69, 9.17) is 11.6 Å². The maximum atomic E-state index is 12.0. The molecular formula is C15H20ClIN2O. The number of nitrogens with one attached hydrogen (secondary N) is 1. The number of amides is 1. The van der Waals surface area contributed by atoms with Crippen LogP contribution in [0.1, 0.15) is 30.1 Å². The number of likely N-dealkylation sites (tertiary alicyclic amines) is 1. The maximum absolute atomic E-state index is 12.0. The molecule has 1 aromatic rings. The lowest BCUT2D eigenvalue weighted by molar-refractivity contribution is 0.0944. The van der Waals surface area contributed by atoms with Crippen molar-refractivity contribution < 1.29 is 4.79 Å². The highest BCUT2D eigenvalue weighted by molar-refractivity contribution is 14.1. The molecule has 2 rings (SSSR count). The fraction of sp³-hybridized carbons (Fsp3) is 0.533. The second-order valence-corrected chi connectivity index (χ2v) is 6.98. The molecule has 0 bridgehead atoms. The molecule has 0 aliphatic carbocycles. The molecule has 0 atom stereocenters. The van der Waals surface area contributed by atoms with Crippen LogP contribution in [0.15, 0.2) is 18.2 Å². The maximum Gasteiger partial charge on any atom is 0.251 e. The second kappa shape index (κ2) is 7.61. The van der Waals surface area contributed by atoms with Crippen molar-refractivity contribution in [2.75, 3.05) is 26.2 Å². The molecule has 1 N–H and O–H groups in total. The predicted molar refractivity (Wildman–Crippen MR) is 91.3 cm³/mol. The molecule has 20 heavy (non-hydrogen) atoms. The fourth-order valence-electron chi connectivity index (χ4n) is 2.35. The normalized spacial score (nSPS) is 17.1. The van der Waals surface area contributed by atoms with Gasteiger partial charge in [0.1, 0.15) is 0 Å². The molecule has 0 spiro atoms. The van der Waals surface area contributed by atoms with Gasteiger partial charge in [0.2, 0.25) is 0 Å². The lowest BCUT2D eigenvalue weighted by atomic mass is 9.99. The van der Waals surface area contributed by atoms with Crippen LogP contribution in [-0.2, 0) is 0 Å². The quantitative estimate of drug-likeness (QED) is 0.777. The summed E-state index contributed by atoms with van der Waals surface area (Å²) in [5.74, 6) is 0.795. The number of piperidine rings is 1.